The van der Waals surface area contributed by atoms with E-state index in [1.54, 1.807) is 12.4 Å². The Morgan fingerprint density at radius 2 is 2.69 bits per heavy atom. The monoisotopic (exact) mass is 181 g/mol. The number of aromatic amines is 1. The number of nitrogens with one attached hydrogen (secondary N) is 1. The number of hydrogen-bond donors (Lipinski definition) is 2. The van der Waals surface area contributed by atoms with Crippen LogP contribution in [0.2, 0.25) is 0 Å². The molecule has 0 radical (unpaired) electrons. The summed E-state index contributed by atoms with van der Waals surface area (Å²) in [7, 11) is 1.35. The number of rotatable bonds is 2. The van der Waals surface area contributed by atoms with Crippen molar-refractivity contribution < 1.29 is 9.53 Å². The quantitative estimate of drug-likeness (QED) is 0.617. The average Bonchev–Trinajstić information content (AvgIpc) is 2.65. The highest BCUT2D eigenvalue weighted by molar-refractivity contribution is 5.86. The molecule has 70 valence electrons. The molecule has 1 heterocycles. The third-order valence-corrected chi connectivity index (χ3v) is 2.49. The fourth-order valence-corrected chi connectivity index (χ4v) is 1.56. The van der Waals surface area contributed by atoms with Crippen LogP contribution in [0.3, 0.4) is 0 Å². The lowest BCUT2D eigenvalue weighted by Gasteiger charge is -2.06. The Labute approximate surface area is 75.3 Å². The third kappa shape index (κ3) is 1.12. The Morgan fingerprint density at radius 3 is 3.23 bits per heavy atom. The number of nitrogens with zero attached hydrogens (tertiary/aromatic N) is 1. The van der Waals surface area contributed by atoms with Gasteiger partial charge in [0.25, 0.3) is 0 Å². The van der Waals surface area contributed by atoms with E-state index in [4.69, 9.17) is 5.73 Å². The van der Waals surface area contributed by atoms with Crippen LogP contribution in [0.1, 0.15) is 17.9 Å². The Hall–Kier alpha value is -1.36. The molecule has 0 amide bonds. The number of carbonyl (C=O) groups is 1. The van der Waals surface area contributed by atoms with Crippen molar-refractivity contribution in [2.45, 2.75) is 17.9 Å². The molecule has 1 fully saturated rings. The van der Waals surface area contributed by atoms with Gasteiger partial charge in [-0.2, -0.15) is 5.10 Å². The van der Waals surface area contributed by atoms with Crippen molar-refractivity contribution in [2.75, 3.05) is 7.11 Å². The number of hydrogen-bond acceptors (Lipinski definition) is 4. The molecule has 1 aromatic heterocycles. The summed E-state index contributed by atoms with van der Waals surface area (Å²) in [6, 6.07) is 0. The van der Waals surface area contributed by atoms with Crippen molar-refractivity contribution in [1.29, 1.82) is 0 Å². The second-order valence-corrected chi connectivity index (χ2v) is 3.32. The lowest BCUT2D eigenvalue weighted by atomic mass is 10.1. The Kier molecular flexibility index (Phi) is 1.63. The number of aromatic nitrogens is 2. The molecule has 0 bridgehead atoms. The highest BCUT2D eigenvalue weighted by Gasteiger charge is 2.59. The van der Waals surface area contributed by atoms with E-state index >= 15 is 0 Å². The number of H-pyrrole nitrogens is 1. The normalized spacial score (nSPS) is 31.4. The molecule has 1 aliphatic rings. The van der Waals surface area contributed by atoms with Gasteiger partial charge in [-0.1, -0.05) is 0 Å². The van der Waals surface area contributed by atoms with Crippen LogP contribution in [0.15, 0.2) is 12.4 Å². The second-order valence-electron chi connectivity index (χ2n) is 3.32. The number of nitrogens with two attached hydrogens (primary N) is 1. The Morgan fingerprint density at radius 1 is 1.92 bits per heavy atom. The van der Waals surface area contributed by atoms with Gasteiger partial charge in [-0.05, 0) is 12.0 Å². The molecular weight excluding hydrogens is 170 g/mol. The molecule has 1 aromatic rings. The van der Waals surface area contributed by atoms with Gasteiger partial charge in [0, 0.05) is 12.1 Å². The highest BCUT2D eigenvalue weighted by Crippen LogP contribution is 2.49. The molecule has 3 N–H and O–H groups in total. The lowest BCUT2D eigenvalue weighted by molar-refractivity contribution is -0.143. The van der Waals surface area contributed by atoms with E-state index in [1.807, 2.05) is 0 Å². The molecule has 0 aliphatic heterocycles. The van der Waals surface area contributed by atoms with Gasteiger partial charge >= 0.3 is 5.97 Å². The van der Waals surface area contributed by atoms with Crippen LogP contribution in [0.4, 0.5) is 0 Å². The molecule has 5 nitrogen and oxygen atoms in total. The Bertz CT molecular complexity index is 322. The largest absolute Gasteiger partial charge is 0.468 e. The predicted molar refractivity (Wildman–Crippen MR) is 44.9 cm³/mol. The van der Waals surface area contributed by atoms with Crippen molar-refractivity contribution in [3.63, 3.8) is 0 Å². The summed E-state index contributed by atoms with van der Waals surface area (Å²) in [5, 5.41) is 6.49. The van der Waals surface area contributed by atoms with Crippen molar-refractivity contribution in [1.82, 2.24) is 10.2 Å². The first-order valence-electron chi connectivity index (χ1n) is 4.04. The zero-order valence-electron chi connectivity index (χ0n) is 7.28. The molecule has 5 heteroatoms. The maximum atomic E-state index is 11.2. The summed E-state index contributed by atoms with van der Waals surface area (Å²) in [6.07, 6.45) is 4.07. The minimum absolute atomic E-state index is 0.0544. The first kappa shape index (κ1) is 8.25. The van der Waals surface area contributed by atoms with Crippen LogP contribution < -0.4 is 5.73 Å². The van der Waals surface area contributed by atoms with Gasteiger partial charge in [-0.3, -0.25) is 9.89 Å². The van der Waals surface area contributed by atoms with E-state index < -0.39 is 5.54 Å². The fourth-order valence-electron chi connectivity index (χ4n) is 1.56. The maximum absolute atomic E-state index is 11.2. The molecule has 1 aliphatic carbocycles. The number of carbonyl (C=O) groups excluding carboxylic acids is 1. The van der Waals surface area contributed by atoms with Gasteiger partial charge in [0.2, 0.25) is 0 Å². The van der Waals surface area contributed by atoms with E-state index in [2.05, 4.69) is 14.9 Å². The van der Waals surface area contributed by atoms with Gasteiger partial charge in [-0.15, -0.1) is 0 Å². The van der Waals surface area contributed by atoms with Crippen LogP contribution in [0.25, 0.3) is 0 Å². The molecule has 1 saturated carbocycles. The van der Waals surface area contributed by atoms with Gasteiger partial charge in [0.05, 0.1) is 13.3 Å². The minimum Gasteiger partial charge on any atom is -0.468 e. The van der Waals surface area contributed by atoms with E-state index in [1.165, 1.54) is 7.11 Å². The highest BCUT2D eigenvalue weighted by atomic mass is 16.5. The van der Waals surface area contributed by atoms with E-state index in [0.29, 0.717) is 6.42 Å². The Balaban J connectivity index is 2.14. The third-order valence-electron chi connectivity index (χ3n) is 2.49. The molecular formula is C8H11N3O2. The van der Waals surface area contributed by atoms with Gasteiger partial charge < -0.3 is 10.5 Å². The summed E-state index contributed by atoms with van der Waals surface area (Å²) in [4.78, 5) is 11.2. The minimum atomic E-state index is -0.821. The van der Waals surface area contributed by atoms with Crippen molar-refractivity contribution in [3.05, 3.63) is 18.0 Å². The van der Waals surface area contributed by atoms with Gasteiger partial charge in [0.15, 0.2) is 0 Å². The van der Waals surface area contributed by atoms with Crippen LogP contribution in [0, 0.1) is 0 Å². The topological polar surface area (TPSA) is 81.0 Å². The van der Waals surface area contributed by atoms with E-state index in [-0.39, 0.29) is 11.9 Å². The second kappa shape index (κ2) is 2.56. The average molecular weight is 181 g/mol. The summed E-state index contributed by atoms with van der Waals surface area (Å²) in [5.41, 5.74) is 5.96. The van der Waals surface area contributed by atoms with Crippen LogP contribution in [0.5, 0.6) is 0 Å². The molecule has 0 spiro atoms. The van der Waals surface area contributed by atoms with Crippen LogP contribution >= 0.6 is 0 Å². The molecule has 2 atom stereocenters. The number of ether oxygens (including phenoxy) is 1. The fraction of sp³-hybridized carbons (Fsp3) is 0.500. The number of esters is 1. The van der Waals surface area contributed by atoms with Crippen molar-refractivity contribution in [3.8, 4) is 0 Å². The SMILES string of the molecule is COC(=O)[C@@]1(N)C[C@@H]1c1cn[nH]c1. The summed E-state index contributed by atoms with van der Waals surface area (Å²) < 4.78 is 4.61. The van der Waals surface area contributed by atoms with Gasteiger partial charge in [-0.25, -0.2) is 0 Å². The molecule has 0 saturated heterocycles. The predicted octanol–water partition coefficient (Wildman–Crippen LogP) is -0.233. The maximum Gasteiger partial charge on any atom is 0.326 e. The van der Waals surface area contributed by atoms with E-state index in [9.17, 15) is 4.79 Å². The lowest BCUT2D eigenvalue weighted by Crippen LogP contribution is -2.35. The smallest absolute Gasteiger partial charge is 0.326 e. The zero-order chi connectivity index (χ0) is 9.47. The summed E-state index contributed by atoms with van der Waals surface area (Å²) >= 11 is 0. The standard InChI is InChI=1S/C8H11N3O2/c1-13-7(12)8(9)2-6(8)5-3-10-11-4-5/h3-4,6H,2,9H2,1H3,(H,10,11)/t6-,8-/m1/s1. The van der Waals surface area contributed by atoms with E-state index in [0.717, 1.165) is 5.56 Å². The molecule has 0 unspecified atom stereocenters. The first-order valence-corrected chi connectivity index (χ1v) is 4.04. The summed E-state index contributed by atoms with van der Waals surface area (Å²) in [6.45, 7) is 0. The number of methoxy groups -OCH3 is 1. The van der Waals surface area contributed by atoms with Crippen molar-refractivity contribution >= 4 is 5.97 Å². The molecule has 0 aromatic carbocycles. The van der Waals surface area contributed by atoms with Crippen LogP contribution in [-0.2, 0) is 9.53 Å². The zero-order valence-corrected chi connectivity index (χ0v) is 7.28. The van der Waals surface area contributed by atoms with Gasteiger partial charge in [0.1, 0.15) is 5.54 Å². The summed E-state index contributed by atoms with van der Waals surface area (Å²) in [5.74, 6) is -0.294. The first-order chi connectivity index (χ1) is 6.18. The molecule has 13 heavy (non-hydrogen) atoms. The molecule has 2 rings (SSSR count). The van der Waals surface area contributed by atoms with Crippen molar-refractivity contribution in [2.24, 2.45) is 5.73 Å². The van der Waals surface area contributed by atoms with Crippen LogP contribution in [-0.4, -0.2) is 28.8 Å².